The van der Waals surface area contributed by atoms with Gasteiger partial charge in [0.15, 0.2) is 0 Å². The molecule has 0 radical (unpaired) electrons. The van der Waals surface area contributed by atoms with E-state index in [0.717, 1.165) is 22.3 Å². The van der Waals surface area contributed by atoms with Gasteiger partial charge in [-0.25, -0.2) is 0 Å². The van der Waals surface area contributed by atoms with E-state index in [9.17, 15) is 19.2 Å². The molecule has 0 saturated carbocycles. The summed E-state index contributed by atoms with van der Waals surface area (Å²) < 4.78 is 5.69. The smallest absolute Gasteiger partial charge is 0.286 e. The Morgan fingerprint density at radius 3 is 2.24 bits per heavy atom. The first kappa shape index (κ1) is 31.3. The minimum absolute atomic E-state index is 0.148. The zero-order chi connectivity index (χ0) is 31.9. The van der Waals surface area contributed by atoms with E-state index >= 15 is 0 Å². The number of benzene rings is 3. The lowest BCUT2D eigenvalue weighted by molar-refractivity contribution is -0.157. The molecule has 1 N–H and O–H groups in total. The second kappa shape index (κ2) is 14.1. The molecule has 0 bridgehead atoms. The van der Waals surface area contributed by atoms with Crippen LogP contribution in [0.25, 0.3) is 0 Å². The van der Waals surface area contributed by atoms with E-state index in [4.69, 9.17) is 4.42 Å². The molecule has 0 aliphatic carbocycles. The van der Waals surface area contributed by atoms with E-state index in [1.807, 2.05) is 91.9 Å². The van der Waals surface area contributed by atoms with Gasteiger partial charge in [0, 0.05) is 13.0 Å². The van der Waals surface area contributed by atoms with Crippen LogP contribution in [0.3, 0.4) is 0 Å². The summed E-state index contributed by atoms with van der Waals surface area (Å²) in [6, 6.07) is 24.9. The quantitative estimate of drug-likeness (QED) is 0.243. The highest BCUT2D eigenvalue weighted by molar-refractivity contribution is 6.00. The maximum absolute atomic E-state index is 13.8. The number of aromatic nitrogens is 2. The van der Waals surface area contributed by atoms with Crippen molar-refractivity contribution in [3.8, 4) is 0 Å². The normalized spacial score (nSPS) is 15.8. The molecule has 1 fully saturated rings. The fraction of sp³-hybridized carbons (Fsp3) is 0.314. The number of Topliss-reactive ketones (excluding diaryl/α,β-unsaturated/α-hetero) is 1. The SMILES string of the molecule is Cc1cccc(Cc2nnc(C(=O)C(NC(=O)CN3C(=O)CN(Cc4ccccc4)C(=O)[C@@H]3Cc3ccccc3)C(C)C)o2)c1. The van der Waals surface area contributed by atoms with Crippen LogP contribution in [0.5, 0.6) is 0 Å². The molecule has 4 aromatic rings. The van der Waals surface area contributed by atoms with Gasteiger partial charge in [0.1, 0.15) is 19.1 Å². The number of nitrogens with zero attached hydrogens (tertiary/aromatic N) is 4. The van der Waals surface area contributed by atoms with Gasteiger partial charge in [-0.3, -0.25) is 19.2 Å². The number of amides is 3. The largest absolute Gasteiger partial charge is 0.418 e. The minimum Gasteiger partial charge on any atom is -0.418 e. The van der Waals surface area contributed by atoms with Crippen molar-refractivity contribution in [3.63, 3.8) is 0 Å². The molecule has 3 amide bonds. The first-order valence-corrected chi connectivity index (χ1v) is 15.1. The van der Waals surface area contributed by atoms with Gasteiger partial charge in [0.25, 0.3) is 5.89 Å². The standard InChI is InChI=1S/C35H37N5O5/c1-23(2)32(33(43)34-38-37-30(45-34)19-27-16-10-11-24(3)17-27)36-29(41)21-40-28(18-25-12-6-4-7-13-25)35(44)39(22-31(40)42)20-26-14-8-5-9-15-26/h4-17,23,28,32H,18-22H2,1-3H3,(H,36,41)/t28-,32?/m0/s1. The molecule has 45 heavy (non-hydrogen) atoms. The predicted molar refractivity (Wildman–Crippen MR) is 167 cm³/mol. The van der Waals surface area contributed by atoms with Crippen molar-refractivity contribution < 1.29 is 23.6 Å². The third-order valence-electron chi connectivity index (χ3n) is 7.80. The van der Waals surface area contributed by atoms with E-state index in [0.29, 0.717) is 12.3 Å². The summed E-state index contributed by atoms with van der Waals surface area (Å²) in [4.78, 5) is 56.9. The highest BCUT2D eigenvalue weighted by Crippen LogP contribution is 2.20. The lowest BCUT2D eigenvalue weighted by atomic mass is 9.99. The average Bonchev–Trinajstić information content (AvgIpc) is 3.49. The number of hydrogen-bond acceptors (Lipinski definition) is 7. The van der Waals surface area contributed by atoms with Gasteiger partial charge in [0.05, 0.1) is 12.5 Å². The molecular weight excluding hydrogens is 570 g/mol. The number of piperazine rings is 1. The molecule has 1 aromatic heterocycles. The highest BCUT2D eigenvalue weighted by Gasteiger charge is 2.41. The molecule has 2 atom stereocenters. The summed E-state index contributed by atoms with van der Waals surface area (Å²) in [6.07, 6.45) is 0.623. The molecule has 232 valence electrons. The van der Waals surface area contributed by atoms with Crippen LogP contribution in [0.15, 0.2) is 89.3 Å². The average molecular weight is 608 g/mol. The fourth-order valence-electron chi connectivity index (χ4n) is 5.48. The van der Waals surface area contributed by atoms with Gasteiger partial charge >= 0.3 is 0 Å². The van der Waals surface area contributed by atoms with E-state index < -0.39 is 23.8 Å². The number of carbonyl (C=O) groups is 4. The van der Waals surface area contributed by atoms with E-state index in [2.05, 4.69) is 15.5 Å². The number of hydrogen-bond donors (Lipinski definition) is 1. The molecule has 2 heterocycles. The van der Waals surface area contributed by atoms with Gasteiger partial charge in [-0.1, -0.05) is 104 Å². The number of carbonyl (C=O) groups excluding carboxylic acids is 4. The Morgan fingerprint density at radius 2 is 1.58 bits per heavy atom. The number of aryl methyl sites for hydroxylation is 1. The number of ketones is 1. The highest BCUT2D eigenvalue weighted by atomic mass is 16.4. The van der Waals surface area contributed by atoms with Crippen LogP contribution in [0.4, 0.5) is 0 Å². The van der Waals surface area contributed by atoms with Gasteiger partial charge < -0.3 is 19.5 Å². The monoisotopic (exact) mass is 607 g/mol. The Balaban J connectivity index is 1.29. The summed E-state index contributed by atoms with van der Waals surface area (Å²) in [6.45, 7) is 5.34. The molecule has 10 heteroatoms. The van der Waals surface area contributed by atoms with Crippen molar-refractivity contribution in [1.82, 2.24) is 25.3 Å². The number of nitrogens with one attached hydrogen (secondary N) is 1. The third kappa shape index (κ3) is 7.89. The topological polar surface area (TPSA) is 126 Å². The predicted octanol–water partition coefficient (Wildman–Crippen LogP) is 3.77. The van der Waals surface area contributed by atoms with Gasteiger partial charge in [-0.05, 0) is 29.5 Å². The maximum Gasteiger partial charge on any atom is 0.286 e. The molecule has 3 aromatic carbocycles. The molecule has 10 nitrogen and oxygen atoms in total. The second-order valence-corrected chi connectivity index (χ2v) is 11.7. The van der Waals surface area contributed by atoms with Crippen molar-refractivity contribution in [2.75, 3.05) is 13.1 Å². The zero-order valence-electron chi connectivity index (χ0n) is 25.7. The molecule has 5 rings (SSSR count). The summed E-state index contributed by atoms with van der Waals surface area (Å²) in [5, 5.41) is 10.8. The van der Waals surface area contributed by atoms with Crippen LogP contribution >= 0.6 is 0 Å². The molecule has 1 aliphatic heterocycles. The Bertz CT molecular complexity index is 1650. The van der Waals surface area contributed by atoms with Gasteiger partial charge in [-0.15, -0.1) is 10.2 Å². The molecule has 1 unspecified atom stereocenters. The summed E-state index contributed by atoms with van der Waals surface area (Å²) >= 11 is 0. The van der Waals surface area contributed by atoms with Crippen molar-refractivity contribution >= 4 is 23.5 Å². The molecular formula is C35H37N5O5. The van der Waals surface area contributed by atoms with Crippen molar-refractivity contribution in [2.45, 2.75) is 52.2 Å². The van der Waals surface area contributed by atoms with Crippen LogP contribution in [-0.2, 0) is 33.8 Å². The Morgan fingerprint density at radius 1 is 0.911 bits per heavy atom. The lowest BCUT2D eigenvalue weighted by Gasteiger charge is -2.40. The molecule has 1 aliphatic rings. The second-order valence-electron chi connectivity index (χ2n) is 11.7. The third-order valence-corrected chi connectivity index (χ3v) is 7.80. The van der Waals surface area contributed by atoms with E-state index in [1.54, 1.807) is 13.8 Å². The zero-order valence-corrected chi connectivity index (χ0v) is 25.7. The Hall–Kier alpha value is -5.12. The van der Waals surface area contributed by atoms with Crippen LogP contribution in [0.2, 0.25) is 0 Å². The van der Waals surface area contributed by atoms with Crippen molar-refractivity contribution in [2.24, 2.45) is 5.92 Å². The molecule has 1 saturated heterocycles. The van der Waals surface area contributed by atoms with E-state index in [-0.39, 0.29) is 49.7 Å². The summed E-state index contributed by atoms with van der Waals surface area (Å²) in [5.41, 5.74) is 3.84. The van der Waals surface area contributed by atoms with E-state index in [1.165, 1.54) is 9.80 Å². The maximum atomic E-state index is 13.8. The Labute approximate surface area is 262 Å². The van der Waals surface area contributed by atoms with Gasteiger partial charge in [0.2, 0.25) is 29.4 Å². The van der Waals surface area contributed by atoms with Crippen LogP contribution in [-0.4, -0.2) is 68.7 Å². The first-order chi connectivity index (χ1) is 21.7. The van der Waals surface area contributed by atoms with Crippen LogP contribution in [0, 0.1) is 12.8 Å². The fourth-order valence-corrected chi connectivity index (χ4v) is 5.48. The summed E-state index contributed by atoms with van der Waals surface area (Å²) in [7, 11) is 0. The summed E-state index contributed by atoms with van der Waals surface area (Å²) in [5.74, 6) is -1.87. The van der Waals surface area contributed by atoms with Gasteiger partial charge in [-0.2, -0.15) is 0 Å². The molecule has 0 spiro atoms. The van der Waals surface area contributed by atoms with Crippen molar-refractivity contribution in [3.05, 3.63) is 119 Å². The Kier molecular flexibility index (Phi) is 9.82. The number of rotatable bonds is 12. The first-order valence-electron chi connectivity index (χ1n) is 15.1. The van der Waals surface area contributed by atoms with Crippen LogP contribution < -0.4 is 5.32 Å². The van der Waals surface area contributed by atoms with Crippen molar-refractivity contribution in [1.29, 1.82) is 0 Å². The van der Waals surface area contributed by atoms with Crippen LogP contribution in [0.1, 0.15) is 52.7 Å². The lowest BCUT2D eigenvalue weighted by Crippen LogP contribution is -2.62. The minimum atomic E-state index is -0.970.